The van der Waals surface area contributed by atoms with Crippen LogP contribution >= 0.6 is 0 Å². The fourth-order valence-electron chi connectivity index (χ4n) is 2.19. The highest BCUT2D eigenvalue weighted by atomic mass is 16.6. The first-order valence-electron chi connectivity index (χ1n) is 6.95. The molecule has 7 nitrogen and oxygen atoms in total. The number of imidazole rings is 1. The largest absolute Gasteiger partial charge is 0.444 e. The minimum absolute atomic E-state index is 0.151. The van der Waals surface area contributed by atoms with Crippen molar-refractivity contribution in [2.75, 3.05) is 18.5 Å². The van der Waals surface area contributed by atoms with Gasteiger partial charge in [-0.05, 0) is 27.2 Å². The summed E-state index contributed by atoms with van der Waals surface area (Å²) in [5, 5.41) is 0. The van der Waals surface area contributed by atoms with Gasteiger partial charge in [-0.3, -0.25) is 14.6 Å². The molecule has 116 valence electrons. The summed E-state index contributed by atoms with van der Waals surface area (Å²) < 4.78 is 7.07. The third-order valence-electron chi connectivity index (χ3n) is 3.36. The Labute approximate surface area is 124 Å². The Balaban J connectivity index is 2.04. The fourth-order valence-corrected chi connectivity index (χ4v) is 2.19. The van der Waals surface area contributed by atoms with Crippen molar-refractivity contribution in [1.82, 2.24) is 14.5 Å². The van der Waals surface area contributed by atoms with E-state index >= 15 is 0 Å². The zero-order chi connectivity index (χ0) is 15.8. The molecule has 21 heavy (non-hydrogen) atoms. The number of likely N-dealkylation sites (tertiary alicyclic amines) is 1. The Morgan fingerprint density at radius 2 is 2.10 bits per heavy atom. The van der Waals surface area contributed by atoms with Gasteiger partial charge in [0.1, 0.15) is 11.6 Å². The summed E-state index contributed by atoms with van der Waals surface area (Å²) in [6, 6.07) is -0.471. The van der Waals surface area contributed by atoms with Crippen LogP contribution in [0.25, 0.3) is 0 Å². The first kappa shape index (κ1) is 15.3. The normalized spacial score (nSPS) is 18.1. The summed E-state index contributed by atoms with van der Waals surface area (Å²) >= 11 is 0. The molecule has 1 aliphatic rings. The highest BCUT2D eigenvalue weighted by Crippen LogP contribution is 2.24. The Bertz CT molecular complexity index is 547. The molecule has 0 radical (unpaired) electrons. The van der Waals surface area contributed by atoms with Gasteiger partial charge in [-0.25, -0.2) is 9.78 Å². The van der Waals surface area contributed by atoms with Gasteiger partial charge in [-0.15, -0.1) is 0 Å². The van der Waals surface area contributed by atoms with Gasteiger partial charge in [-0.2, -0.15) is 0 Å². The number of rotatable bonds is 2. The topological polar surface area (TPSA) is 67.7 Å². The van der Waals surface area contributed by atoms with E-state index in [1.54, 1.807) is 24.0 Å². The molecular weight excluding hydrogens is 272 g/mol. The number of aryl methyl sites for hydroxylation is 1. The maximum Gasteiger partial charge on any atom is 0.410 e. The molecule has 2 heterocycles. The van der Waals surface area contributed by atoms with Crippen LogP contribution in [0.3, 0.4) is 0 Å². The van der Waals surface area contributed by atoms with Crippen molar-refractivity contribution in [1.29, 1.82) is 0 Å². The molecule has 0 unspecified atom stereocenters. The molecule has 1 aromatic heterocycles. The van der Waals surface area contributed by atoms with Gasteiger partial charge in [0, 0.05) is 33.0 Å². The number of carbonyl (C=O) groups excluding carboxylic acids is 2. The molecular formula is C14H22N4O3. The van der Waals surface area contributed by atoms with Crippen molar-refractivity contribution in [2.45, 2.75) is 38.8 Å². The molecule has 0 spiro atoms. The second-order valence-corrected chi connectivity index (χ2v) is 6.21. The molecule has 0 saturated carbocycles. The van der Waals surface area contributed by atoms with Crippen molar-refractivity contribution in [3.05, 3.63) is 12.4 Å². The van der Waals surface area contributed by atoms with E-state index in [1.807, 2.05) is 27.8 Å². The molecule has 1 atom stereocenters. The van der Waals surface area contributed by atoms with Crippen LogP contribution in [0, 0.1) is 0 Å². The first-order valence-corrected chi connectivity index (χ1v) is 6.95. The van der Waals surface area contributed by atoms with E-state index in [0.29, 0.717) is 18.9 Å². The number of hydrogen-bond donors (Lipinski definition) is 0. The molecule has 7 heteroatoms. The van der Waals surface area contributed by atoms with Crippen LogP contribution in [0.4, 0.5) is 10.7 Å². The summed E-state index contributed by atoms with van der Waals surface area (Å²) in [6.45, 7) is 5.96. The van der Waals surface area contributed by atoms with Gasteiger partial charge < -0.3 is 9.30 Å². The lowest BCUT2D eigenvalue weighted by Gasteiger charge is -2.41. The highest BCUT2D eigenvalue weighted by molar-refractivity contribution is 5.98. The van der Waals surface area contributed by atoms with Crippen molar-refractivity contribution in [3.8, 4) is 0 Å². The van der Waals surface area contributed by atoms with Crippen molar-refractivity contribution in [2.24, 2.45) is 7.05 Å². The summed E-state index contributed by atoms with van der Waals surface area (Å²) in [5.41, 5.74) is -0.564. The summed E-state index contributed by atoms with van der Waals surface area (Å²) in [5.74, 6) is 0.400. The number of ether oxygens (including phenoxy) is 1. The second-order valence-electron chi connectivity index (χ2n) is 6.21. The van der Waals surface area contributed by atoms with Gasteiger partial charge in [-0.1, -0.05) is 0 Å². The molecule has 2 amide bonds. The maximum absolute atomic E-state index is 12.5. The number of amides is 2. The Kier molecular flexibility index (Phi) is 3.93. The minimum Gasteiger partial charge on any atom is -0.444 e. The van der Waals surface area contributed by atoms with Crippen LogP contribution in [0.1, 0.15) is 27.2 Å². The highest BCUT2D eigenvalue weighted by Gasteiger charge is 2.41. The number of nitrogens with zero attached hydrogens (tertiary/aromatic N) is 4. The van der Waals surface area contributed by atoms with Crippen molar-refractivity contribution < 1.29 is 14.3 Å². The van der Waals surface area contributed by atoms with Crippen LogP contribution in [0.2, 0.25) is 0 Å². The van der Waals surface area contributed by atoms with Gasteiger partial charge in [0.2, 0.25) is 5.95 Å². The predicted molar refractivity (Wildman–Crippen MR) is 78.0 cm³/mol. The van der Waals surface area contributed by atoms with E-state index in [-0.39, 0.29) is 5.91 Å². The van der Waals surface area contributed by atoms with Gasteiger partial charge in [0.15, 0.2) is 0 Å². The molecule has 1 saturated heterocycles. The van der Waals surface area contributed by atoms with Crippen molar-refractivity contribution >= 4 is 17.9 Å². The first-order chi connectivity index (χ1) is 9.70. The Morgan fingerprint density at radius 1 is 1.43 bits per heavy atom. The van der Waals surface area contributed by atoms with Crippen LogP contribution in [-0.4, -0.2) is 51.7 Å². The zero-order valence-electron chi connectivity index (χ0n) is 13.2. The monoisotopic (exact) mass is 294 g/mol. The van der Waals surface area contributed by atoms with E-state index in [1.165, 1.54) is 9.80 Å². The van der Waals surface area contributed by atoms with E-state index in [2.05, 4.69) is 4.98 Å². The summed E-state index contributed by atoms with van der Waals surface area (Å²) in [4.78, 5) is 31.6. The standard InChI is InChI=1S/C14H22N4O3/c1-14(2,3)21-13(20)18-8-6-10(18)11(19)17(5)12-15-7-9-16(12)4/h7,9-10H,6,8H2,1-5H3/t10-/m1/s1. The lowest BCUT2D eigenvalue weighted by Crippen LogP contribution is -2.59. The van der Waals surface area contributed by atoms with Gasteiger partial charge in [0.25, 0.3) is 5.91 Å². The molecule has 0 N–H and O–H groups in total. The third kappa shape index (κ3) is 3.17. The molecule has 1 aliphatic heterocycles. The van der Waals surface area contributed by atoms with Gasteiger partial charge >= 0.3 is 6.09 Å². The van der Waals surface area contributed by atoms with E-state index in [4.69, 9.17) is 4.74 Å². The number of aromatic nitrogens is 2. The van der Waals surface area contributed by atoms with Crippen LogP contribution in [0.5, 0.6) is 0 Å². The van der Waals surface area contributed by atoms with E-state index in [9.17, 15) is 9.59 Å². The Morgan fingerprint density at radius 3 is 2.52 bits per heavy atom. The molecule has 0 aromatic carbocycles. The van der Waals surface area contributed by atoms with Crippen LogP contribution in [0.15, 0.2) is 12.4 Å². The third-order valence-corrected chi connectivity index (χ3v) is 3.36. The van der Waals surface area contributed by atoms with E-state index in [0.717, 1.165) is 0 Å². The smallest absolute Gasteiger partial charge is 0.410 e. The predicted octanol–water partition coefficient (Wildman–Crippen LogP) is 1.39. The number of hydrogen-bond acceptors (Lipinski definition) is 4. The molecule has 1 fully saturated rings. The SMILES string of the molecule is CN(C(=O)[C@H]1CCN1C(=O)OC(C)(C)C)c1nccn1C. The Hall–Kier alpha value is -2.05. The fraction of sp³-hybridized carbons (Fsp3) is 0.643. The second kappa shape index (κ2) is 5.38. The number of likely N-dealkylation sites (N-methyl/N-ethyl adjacent to an activating group) is 1. The van der Waals surface area contributed by atoms with Crippen molar-refractivity contribution in [3.63, 3.8) is 0 Å². The molecule has 1 aromatic rings. The molecule has 2 rings (SSSR count). The zero-order valence-corrected chi connectivity index (χ0v) is 13.2. The molecule has 0 aliphatic carbocycles. The number of carbonyl (C=O) groups is 2. The average Bonchev–Trinajstić information content (AvgIpc) is 2.70. The quantitative estimate of drug-likeness (QED) is 0.826. The average molecular weight is 294 g/mol. The minimum atomic E-state index is -0.564. The van der Waals surface area contributed by atoms with Gasteiger partial charge in [0.05, 0.1) is 0 Å². The lowest BCUT2D eigenvalue weighted by molar-refractivity contribution is -0.127. The summed E-state index contributed by atoms with van der Waals surface area (Å²) in [6.07, 6.45) is 3.60. The lowest BCUT2D eigenvalue weighted by atomic mass is 10.0. The van der Waals surface area contributed by atoms with Crippen LogP contribution in [-0.2, 0) is 16.6 Å². The maximum atomic E-state index is 12.5. The molecule has 0 bridgehead atoms. The van der Waals surface area contributed by atoms with Crippen LogP contribution < -0.4 is 4.90 Å². The number of anilines is 1. The van der Waals surface area contributed by atoms with E-state index < -0.39 is 17.7 Å². The summed E-state index contributed by atoms with van der Waals surface area (Å²) in [7, 11) is 3.48.